The van der Waals surface area contributed by atoms with Gasteiger partial charge in [-0.25, -0.2) is 4.98 Å². The molecule has 2 heterocycles. The highest BCUT2D eigenvalue weighted by Gasteiger charge is 2.18. The van der Waals surface area contributed by atoms with E-state index in [1.165, 1.54) is 16.1 Å². The third kappa shape index (κ3) is 2.34. The van der Waals surface area contributed by atoms with Gasteiger partial charge in [0.25, 0.3) is 0 Å². The van der Waals surface area contributed by atoms with Crippen molar-refractivity contribution >= 4 is 17.2 Å². The van der Waals surface area contributed by atoms with Crippen LogP contribution in [0, 0.1) is 11.3 Å². The molecule has 1 aliphatic carbocycles. The molecule has 1 aliphatic rings. The van der Waals surface area contributed by atoms with Crippen molar-refractivity contribution in [1.29, 1.82) is 5.26 Å². The van der Waals surface area contributed by atoms with E-state index in [4.69, 9.17) is 4.98 Å². The molecule has 4 heteroatoms. The van der Waals surface area contributed by atoms with Gasteiger partial charge in [-0.05, 0) is 42.3 Å². The van der Waals surface area contributed by atoms with Crippen molar-refractivity contribution in [3.63, 3.8) is 0 Å². The maximum absolute atomic E-state index is 9.31. The van der Waals surface area contributed by atoms with Crippen LogP contribution in [0.15, 0.2) is 23.6 Å². The van der Waals surface area contributed by atoms with E-state index in [2.05, 4.69) is 28.5 Å². The molecule has 0 aromatic carbocycles. The zero-order valence-corrected chi connectivity index (χ0v) is 11.7. The molecule has 19 heavy (non-hydrogen) atoms. The molecule has 0 bridgehead atoms. The first-order valence-electron chi connectivity index (χ1n) is 6.44. The normalized spacial score (nSPS) is 13.1. The minimum atomic E-state index is 0.694. The van der Waals surface area contributed by atoms with Crippen molar-refractivity contribution < 1.29 is 0 Å². The number of hydrogen-bond acceptors (Lipinski definition) is 4. The fourth-order valence-electron chi connectivity index (χ4n) is 2.55. The average molecular weight is 269 g/mol. The highest BCUT2D eigenvalue weighted by atomic mass is 32.1. The van der Waals surface area contributed by atoms with E-state index in [1.807, 2.05) is 13.1 Å². The molecule has 2 aromatic heterocycles. The van der Waals surface area contributed by atoms with Crippen LogP contribution < -0.4 is 4.90 Å². The summed E-state index contributed by atoms with van der Waals surface area (Å²) in [5.74, 6) is 0.816. The third-order valence-electron chi connectivity index (χ3n) is 3.49. The Morgan fingerprint density at radius 2 is 2.37 bits per heavy atom. The monoisotopic (exact) mass is 269 g/mol. The van der Waals surface area contributed by atoms with Crippen LogP contribution >= 0.6 is 11.3 Å². The van der Waals surface area contributed by atoms with Gasteiger partial charge in [-0.1, -0.05) is 6.07 Å². The van der Waals surface area contributed by atoms with Gasteiger partial charge in [-0.15, -0.1) is 11.3 Å². The Balaban J connectivity index is 1.93. The zero-order valence-electron chi connectivity index (χ0n) is 10.9. The molecule has 0 saturated heterocycles. The van der Waals surface area contributed by atoms with Gasteiger partial charge in [0.15, 0.2) is 0 Å². The Bertz CT molecular complexity index is 626. The lowest BCUT2D eigenvalue weighted by atomic mass is 10.1. The largest absolute Gasteiger partial charge is 0.353 e. The predicted octanol–water partition coefficient (Wildman–Crippen LogP) is 3.14. The molecule has 2 aromatic rings. The van der Waals surface area contributed by atoms with Gasteiger partial charge in [0.2, 0.25) is 0 Å². The Hall–Kier alpha value is -1.86. The van der Waals surface area contributed by atoms with Gasteiger partial charge in [0.05, 0.1) is 12.1 Å². The van der Waals surface area contributed by atoms with E-state index < -0.39 is 0 Å². The molecule has 0 radical (unpaired) electrons. The number of nitriles is 1. The second-order valence-corrected chi connectivity index (χ2v) is 5.90. The van der Waals surface area contributed by atoms with Crippen molar-refractivity contribution in [1.82, 2.24) is 4.98 Å². The number of aryl methyl sites for hydroxylation is 2. The summed E-state index contributed by atoms with van der Waals surface area (Å²) in [6, 6.07) is 8.47. The van der Waals surface area contributed by atoms with E-state index in [0.717, 1.165) is 31.6 Å². The van der Waals surface area contributed by atoms with Crippen LogP contribution in [0.2, 0.25) is 0 Å². The van der Waals surface area contributed by atoms with E-state index in [0.29, 0.717) is 5.56 Å². The zero-order chi connectivity index (χ0) is 13.2. The maximum atomic E-state index is 9.31. The van der Waals surface area contributed by atoms with Crippen LogP contribution in [0.4, 0.5) is 5.82 Å². The molecule has 3 nitrogen and oxygen atoms in total. The molecular weight excluding hydrogens is 254 g/mol. The molecule has 0 amide bonds. The Morgan fingerprint density at radius 3 is 3.11 bits per heavy atom. The summed E-state index contributed by atoms with van der Waals surface area (Å²) in [4.78, 5) is 8.07. The topological polar surface area (TPSA) is 39.9 Å². The number of pyridine rings is 1. The van der Waals surface area contributed by atoms with Crippen LogP contribution in [0.25, 0.3) is 0 Å². The van der Waals surface area contributed by atoms with Gasteiger partial charge in [0.1, 0.15) is 11.9 Å². The highest BCUT2D eigenvalue weighted by molar-refractivity contribution is 7.09. The summed E-state index contributed by atoms with van der Waals surface area (Å²) in [5, 5.41) is 11.4. The van der Waals surface area contributed by atoms with Crippen molar-refractivity contribution in [2.24, 2.45) is 0 Å². The number of rotatable bonds is 3. The van der Waals surface area contributed by atoms with Gasteiger partial charge in [-0.3, -0.25) is 0 Å². The van der Waals surface area contributed by atoms with E-state index in [-0.39, 0.29) is 0 Å². The summed E-state index contributed by atoms with van der Waals surface area (Å²) in [6.07, 6.45) is 3.26. The SMILES string of the molecule is CN(Cc1cccs1)c1nc2c(cc1C#N)CCC2. The first-order valence-corrected chi connectivity index (χ1v) is 7.32. The maximum Gasteiger partial charge on any atom is 0.146 e. The van der Waals surface area contributed by atoms with Crippen LogP contribution in [-0.2, 0) is 19.4 Å². The third-order valence-corrected chi connectivity index (χ3v) is 4.35. The summed E-state index contributed by atoms with van der Waals surface area (Å²) in [7, 11) is 2.00. The second kappa shape index (κ2) is 5.02. The molecular formula is C15H15N3S. The van der Waals surface area contributed by atoms with Gasteiger partial charge in [-0.2, -0.15) is 5.26 Å². The fourth-order valence-corrected chi connectivity index (χ4v) is 3.30. The van der Waals surface area contributed by atoms with E-state index in [9.17, 15) is 5.26 Å². The number of nitrogens with zero attached hydrogens (tertiary/aromatic N) is 3. The summed E-state index contributed by atoms with van der Waals surface area (Å²) >= 11 is 1.73. The summed E-state index contributed by atoms with van der Waals surface area (Å²) in [5.41, 5.74) is 3.12. The molecule has 0 saturated carbocycles. The minimum Gasteiger partial charge on any atom is -0.353 e. The van der Waals surface area contributed by atoms with Crippen molar-refractivity contribution in [2.75, 3.05) is 11.9 Å². The van der Waals surface area contributed by atoms with Crippen LogP contribution in [-0.4, -0.2) is 12.0 Å². The van der Waals surface area contributed by atoms with E-state index in [1.54, 1.807) is 11.3 Å². The standard InChI is InChI=1S/C15H15N3S/c1-18(10-13-5-3-7-19-13)15-12(9-16)8-11-4-2-6-14(11)17-15/h3,5,7-8H,2,4,6,10H2,1H3. The fraction of sp³-hybridized carbons (Fsp3) is 0.333. The molecule has 3 rings (SSSR count). The van der Waals surface area contributed by atoms with Crippen LogP contribution in [0.1, 0.15) is 28.1 Å². The van der Waals surface area contributed by atoms with Crippen molar-refractivity contribution in [3.8, 4) is 6.07 Å². The number of fused-ring (bicyclic) bond motifs is 1. The quantitative estimate of drug-likeness (QED) is 0.859. The lowest BCUT2D eigenvalue weighted by Gasteiger charge is -2.19. The molecule has 96 valence electrons. The predicted molar refractivity (Wildman–Crippen MR) is 77.4 cm³/mol. The van der Waals surface area contributed by atoms with Gasteiger partial charge in [0, 0.05) is 17.6 Å². The molecule has 0 unspecified atom stereocenters. The average Bonchev–Trinajstić information content (AvgIpc) is 3.07. The lowest BCUT2D eigenvalue weighted by Crippen LogP contribution is -2.19. The second-order valence-electron chi connectivity index (χ2n) is 4.87. The van der Waals surface area contributed by atoms with E-state index >= 15 is 0 Å². The smallest absolute Gasteiger partial charge is 0.146 e. The van der Waals surface area contributed by atoms with Gasteiger partial charge < -0.3 is 4.90 Å². The molecule has 0 N–H and O–H groups in total. The molecule has 0 aliphatic heterocycles. The molecule has 0 atom stereocenters. The first-order chi connectivity index (χ1) is 9.28. The van der Waals surface area contributed by atoms with Crippen molar-refractivity contribution in [2.45, 2.75) is 25.8 Å². The molecule has 0 fully saturated rings. The first kappa shape index (κ1) is 12.2. The number of hydrogen-bond donors (Lipinski definition) is 0. The Labute approximate surface area is 117 Å². The highest BCUT2D eigenvalue weighted by Crippen LogP contribution is 2.27. The minimum absolute atomic E-state index is 0.694. The van der Waals surface area contributed by atoms with Crippen LogP contribution in [0.5, 0.6) is 0 Å². The lowest BCUT2D eigenvalue weighted by molar-refractivity contribution is 0.878. The van der Waals surface area contributed by atoms with Crippen molar-refractivity contribution in [3.05, 3.63) is 45.3 Å². The van der Waals surface area contributed by atoms with Crippen LogP contribution in [0.3, 0.4) is 0 Å². The number of anilines is 1. The Kier molecular flexibility index (Phi) is 3.22. The molecule has 0 spiro atoms. The summed E-state index contributed by atoms with van der Waals surface area (Å²) in [6.45, 7) is 0.804. The Morgan fingerprint density at radius 1 is 1.47 bits per heavy atom. The number of aromatic nitrogens is 1. The number of thiophene rings is 1. The summed E-state index contributed by atoms with van der Waals surface area (Å²) < 4.78 is 0. The van der Waals surface area contributed by atoms with Gasteiger partial charge >= 0.3 is 0 Å².